The average molecular weight is 448 g/mol. The van der Waals surface area contributed by atoms with Crippen molar-refractivity contribution < 1.29 is 14.3 Å². The Labute approximate surface area is 196 Å². The Hall–Kier alpha value is -2.86. The molecular formula is C27H33N3O3. The van der Waals surface area contributed by atoms with Gasteiger partial charge in [0.25, 0.3) is 5.91 Å². The summed E-state index contributed by atoms with van der Waals surface area (Å²) in [6.45, 7) is 6.37. The van der Waals surface area contributed by atoms with Crippen LogP contribution in [0.3, 0.4) is 0 Å². The van der Waals surface area contributed by atoms with Crippen LogP contribution < -0.4 is 0 Å². The summed E-state index contributed by atoms with van der Waals surface area (Å²) >= 11 is 0. The van der Waals surface area contributed by atoms with E-state index in [9.17, 15) is 9.59 Å². The highest BCUT2D eigenvalue weighted by atomic mass is 16.6. The summed E-state index contributed by atoms with van der Waals surface area (Å²) in [6, 6.07) is 19.0. The second-order valence-corrected chi connectivity index (χ2v) is 9.41. The van der Waals surface area contributed by atoms with E-state index in [0.717, 1.165) is 57.4 Å². The molecule has 1 spiro atoms. The molecule has 0 unspecified atom stereocenters. The van der Waals surface area contributed by atoms with Crippen molar-refractivity contribution in [2.75, 3.05) is 32.8 Å². The summed E-state index contributed by atoms with van der Waals surface area (Å²) in [5, 5.41) is 0. The predicted molar refractivity (Wildman–Crippen MR) is 127 cm³/mol. The maximum Gasteiger partial charge on any atom is 0.409 e. The van der Waals surface area contributed by atoms with Gasteiger partial charge in [0.15, 0.2) is 0 Å². The first-order valence-electron chi connectivity index (χ1n) is 12.2. The molecule has 0 aliphatic carbocycles. The molecule has 0 bridgehead atoms. The van der Waals surface area contributed by atoms with Gasteiger partial charge >= 0.3 is 6.09 Å². The number of nitrogens with zero attached hydrogens (tertiary/aromatic N) is 3. The zero-order chi connectivity index (χ0) is 22.8. The van der Waals surface area contributed by atoms with Gasteiger partial charge in [-0.25, -0.2) is 4.79 Å². The van der Waals surface area contributed by atoms with Crippen LogP contribution in [0.4, 0.5) is 4.79 Å². The summed E-state index contributed by atoms with van der Waals surface area (Å²) in [7, 11) is 0. The fourth-order valence-electron chi connectivity index (χ4n) is 5.98. The van der Waals surface area contributed by atoms with Crippen molar-refractivity contribution in [2.24, 2.45) is 0 Å². The number of carbonyl (C=O) groups is 2. The Kier molecular flexibility index (Phi) is 6.11. The van der Waals surface area contributed by atoms with Crippen molar-refractivity contribution >= 4 is 12.0 Å². The van der Waals surface area contributed by atoms with Gasteiger partial charge in [0.1, 0.15) is 0 Å². The van der Waals surface area contributed by atoms with Gasteiger partial charge in [0.05, 0.1) is 12.1 Å². The van der Waals surface area contributed by atoms with E-state index >= 15 is 0 Å². The number of amides is 2. The van der Waals surface area contributed by atoms with Crippen molar-refractivity contribution in [1.29, 1.82) is 0 Å². The molecule has 2 aromatic carbocycles. The molecule has 0 atom stereocenters. The number of carbonyl (C=O) groups excluding carboxylic acids is 2. The van der Waals surface area contributed by atoms with Crippen LogP contribution in [0.2, 0.25) is 0 Å². The van der Waals surface area contributed by atoms with Crippen molar-refractivity contribution in [3.63, 3.8) is 0 Å². The molecule has 2 aromatic rings. The van der Waals surface area contributed by atoms with Gasteiger partial charge < -0.3 is 19.4 Å². The van der Waals surface area contributed by atoms with E-state index in [1.54, 1.807) is 0 Å². The molecule has 0 aromatic heterocycles. The zero-order valence-electron chi connectivity index (χ0n) is 19.4. The van der Waals surface area contributed by atoms with Gasteiger partial charge in [-0.2, -0.15) is 0 Å². The second-order valence-electron chi connectivity index (χ2n) is 9.41. The number of hydrogen-bond donors (Lipinski definition) is 0. The predicted octanol–water partition coefficient (Wildman–Crippen LogP) is 4.25. The molecule has 0 saturated carbocycles. The third kappa shape index (κ3) is 4.01. The molecule has 0 N–H and O–H groups in total. The van der Waals surface area contributed by atoms with Gasteiger partial charge in [0.2, 0.25) is 0 Å². The molecule has 3 heterocycles. The number of piperidine rings is 2. The molecular weight excluding hydrogens is 414 g/mol. The number of likely N-dealkylation sites (tertiary alicyclic amines) is 2. The lowest BCUT2D eigenvalue weighted by atomic mass is 9.80. The monoisotopic (exact) mass is 447 g/mol. The molecule has 2 fully saturated rings. The number of fused-ring (bicyclic) bond motifs is 2. The van der Waals surface area contributed by atoms with Gasteiger partial charge in [-0.3, -0.25) is 4.79 Å². The third-order valence-corrected chi connectivity index (χ3v) is 7.74. The summed E-state index contributed by atoms with van der Waals surface area (Å²) in [4.78, 5) is 32.1. The average Bonchev–Trinajstić information content (AvgIpc) is 3.08. The fraction of sp³-hybridized carbons (Fsp3) is 0.481. The quantitative estimate of drug-likeness (QED) is 0.703. The van der Waals surface area contributed by atoms with Crippen LogP contribution in [0.25, 0.3) is 0 Å². The van der Waals surface area contributed by atoms with Gasteiger partial charge in [-0.15, -0.1) is 0 Å². The number of benzene rings is 2. The van der Waals surface area contributed by atoms with Gasteiger partial charge in [-0.1, -0.05) is 48.5 Å². The minimum atomic E-state index is -0.231. The molecule has 6 heteroatoms. The maximum atomic E-state index is 13.5. The third-order valence-electron chi connectivity index (χ3n) is 7.74. The molecule has 174 valence electrons. The smallest absolute Gasteiger partial charge is 0.409 e. The van der Waals surface area contributed by atoms with Crippen LogP contribution >= 0.6 is 0 Å². The van der Waals surface area contributed by atoms with E-state index in [-0.39, 0.29) is 17.5 Å². The Balaban J connectivity index is 1.30. The minimum absolute atomic E-state index is 0.158. The van der Waals surface area contributed by atoms with Gasteiger partial charge in [-0.05, 0) is 49.8 Å². The van der Waals surface area contributed by atoms with Crippen LogP contribution in [0.5, 0.6) is 0 Å². The Morgan fingerprint density at radius 1 is 0.970 bits per heavy atom. The summed E-state index contributed by atoms with van der Waals surface area (Å²) < 4.78 is 5.17. The lowest BCUT2D eigenvalue weighted by Gasteiger charge is -2.48. The molecule has 3 aliphatic rings. The van der Waals surface area contributed by atoms with E-state index in [1.165, 1.54) is 11.1 Å². The number of rotatable bonds is 4. The molecule has 3 aliphatic heterocycles. The van der Waals surface area contributed by atoms with Crippen molar-refractivity contribution in [2.45, 2.75) is 50.7 Å². The molecule has 33 heavy (non-hydrogen) atoms. The summed E-state index contributed by atoms with van der Waals surface area (Å²) in [6.07, 6.45) is 3.66. The second kappa shape index (κ2) is 9.18. The Morgan fingerprint density at radius 3 is 2.33 bits per heavy atom. The highest BCUT2D eigenvalue weighted by Gasteiger charge is 2.51. The lowest BCUT2D eigenvalue weighted by molar-refractivity contribution is 0.00462. The number of ether oxygens (including phenoxy) is 1. The van der Waals surface area contributed by atoms with E-state index in [2.05, 4.69) is 34.1 Å². The van der Waals surface area contributed by atoms with E-state index in [0.29, 0.717) is 19.2 Å². The number of hydrogen-bond acceptors (Lipinski definition) is 4. The first kappa shape index (κ1) is 22.0. The van der Waals surface area contributed by atoms with E-state index in [1.807, 2.05) is 42.2 Å². The maximum absolute atomic E-state index is 13.5. The van der Waals surface area contributed by atoms with Crippen molar-refractivity contribution in [1.82, 2.24) is 14.7 Å². The molecule has 2 amide bonds. The topological polar surface area (TPSA) is 53.1 Å². The lowest BCUT2D eigenvalue weighted by Crippen LogP contribution is -2.55. The first-order chi connectivity index (χ1) is 16.1. The fourth-order valence-corrected chi connectivity index (χ4v) is 5.98. The molecule has 0 radical (unpaired) electrons. The van der Waals surface area contributed by atoms with Gasteiger partial charge in [0, 0.05) is 44.3 Å². The highest BCUT2D eigenvalue weighted by molar-refractivity contribution is 6.00. The SMILES string of the molecule is CCOC(=O)N1CCC(N2CCC3(CC2)c2ccccc2C(=O)N3Cc2ccccc2)CC1. The Bertz CT molecular complexity index is 993. The summed E-state index contributed by atoms with van der Waals surface area (Å²) in [5.41, 5.74) is 3.00. The minimum Gasteiger partial charge on any atom is -0.450 e. The molecule has 2 saturated heterocycles. The summed E-state index contributed by atoms with van der Waals surface area (Å²) in [5.74, 6) is 0.158. The van der Waals surface area contributed by atoms with Crippen molar-refractivity contribution in [3.8, 4) is 0 Å². The highest BCUT2D eigenvalue weighted by Crippen LogP contribution is 2.47. The largest absolute Gasteiger partial charge is 0.450 e. The molecule has 6 nitrogen and oxygen atoms in total. The van der Waals surface area contributed by atoms with Crippen LogP contribution in [0.1, 0.15) is 54.1 Å². The van der Waals surface area contributed by atoms with Crippen LogP contribution in [-0.2, 0) is 16.8 Å². The standard InChI is InChI=1S/C27H33N3O3/c1-2-33-26(32)29-16-12-22(13-17-29)28-18-14-27(15-19-28)24-11-7-6-10-23(24)25(31)30(27)20-21-8-4-3-5-9-21/h3-11,22H,2,12-20H2,1H3. The normalized spacial score (nSPS) is 20.8. The van der Waals surface area contributed by atoms with Crippen molar-refractivity contribution in [3.05, 3.63) is 71.3 Å². The van der Waals surface area contributed by atoms with E-state index < -0.39 is 0 Å². The van der Waals surface area contributed by atoms with Crippen LogP contribution in [0.15, 0.2) is 54.6 Å². The zero-order valence-corrected chi connectivity index (χ0v) is 19.4. The van der Waals surface area contributed by atoms with E-state index in [4.69, 9.17) is 4.74 Å². The first-order valence-corrected chi connectivity index (χ1v) is 12.2. The van der Waals surface area contributed by atoms with Crippen LogP contribution in [0, 0.1) is 0 Å². The molecule has 5 rings (SSSR count). The Morgan fingerprint density at radius 2 is 1.64 bits per heavy atom. The van der Waals surface area contributed by atoms with Crippen LogP contribution in [-0.4, -0.2) is 65.5 Å².